The van der Waals surface area contributed by atoms with Crippen LogP contribution in [0.25, 0.3) is 0 Å². The second-order valence-electron chi connectivity index (χ2n) is 2.91. The average molecular weight is 269 g/mol. The lowest BCUT2D eigenvalue weighted by molar-refractivity contribution is 0.597. The van der Waals surface area contributed by atoms with Gasteiger partial charge in [0.25, 0.3) is 0 Å². The van der Waals surface area contributed by atoms with Gasteiger partial charge >= 0.3 is 0 Å². The summed E-state index contributed by atoms with van der Waals surface area (Å²) in [4.78, 5) is -0.112. The lowest BCUT2D eigenvalue weighted by Gasteiger charge is -2.09. The van der Waals surface area contributed by atoms with Gasteiger partial charge in [0.05, 0.1) is 5.02 Å². The van der Waals surface area contributed by atoms with E-state index in [1.54, 1.807) is 7.05 Å². The average Bonchev–Trinajstić information content (AvgIpc) is 2.09. The number of benzene rings is 1. The van der Waals surface area contributed by atoms with E-state index < -0.39 is 10.0 Å². The number of nitrogens with two attached hydrogens (primary N) is 1. The number of sulfonamides is 1. The highest BCUT2D eigenvalue weighted by molar-refractivity contribution is 7.89. The zero-order chi connectivity index (χ0) is 11.6. The maximum atomic E-state index is 11.2. The summed E-state index contributed by atoms with van der Waals surface area (Å²) < 4.78 is 22.3. The Labute approximate surface area is 98.4 Å². The Bertz CT molecular complexity index is 474. The molecular weight excluding hydrogens is 259 g/mol. The molecule has 0 aliphatic rings. The van der Waals surface area contributed by atoms with Crippen LogP contribution >= 0.6 is 23.2 Å². The van der Waals surface area contributed by atoms with E-state index in [4.69, 9.17) is 28.3 Å². The van der Waals surface area contributed by atoms with Crippen molar-refractivity contribution in [2.45, 2.75) is 11.4 Å². The van der Waals surface area contributed by atoms with Crippen LogP contribution in [-0.4, -0.2) is 15.5 Å². The molecule has 0 aliphatic heterocycles. The second-order valence-corrected chi connectivity index (χ2v) is 5.23. The van der Waals surface area contributed by atoms with Crippen LogP contribution in [0.1, 0.15) is 5.56 Å². The fourth-order valence-electron chi connectivity index (χ4n) is 1.13. The second kappa shape index (κ2) is 4.67. The van der Waals surface area contributed by atoms with Gasteiger partial charge in [0.1, 0.15) is 4.90 Å². The molecule has 0 fully saturated rings. The molecule has 0 unspecified atom stereocenters. The fourth-order valence-corrected chi connectivity index (χ4v) is 2.59. The first-order valence-corrected chi connectivity index (χ1v) is 6.32. The van der Waals surface area contributed by atoms with E-state index in [9.17, 15) is 8.42 Å². The third kappa shape index (κ3) is 2.83. The first-order chi connectivity index (χ1) is 6.88. The summed E-state index contributed by atoms with van der Waals surface area (Å²) in [6.07, 6.45) is 0. The number of rotatable bonds is 3. The minimum atomic E-state index is -3.81. The Morgan fingerprint density at radius 1 is 1.40 bits per heavy atom. The Morgan fingerprint density at radius 3 is 2.47 bits per heavy atom. The van der Waals surface area contributed by atoms with E-state index in [2.05, 4.69) is 5.32 Å². The van der Waals surface area contributed by atoms with Crippen LogP contribution in [0.2, 0.25) is 10.0 Å². The van der Waals surface area contributed by atoms with Crippen LogP contribution < -0.4 is 10.5 Å². The molecule has 1 aromatic rings. The van der Waals surface area contributed by atoms with Crippen LogP contribution in [0.5, 0.6) is 0 Å². The van der Waals surface area contributed by atoms with Crippen molar-refractivity contribution in [2.24, 2.45) is 5.14 Å². The molecule has 0 spiro atoms. The van der Waals surface area contributed by atoms with Gasteiger partial charge in [-0.2, -0.15) is 0 Å². The predicted octanol–water partition coefficient (Wildman–Crippen LogP) is 1.36. The summed E-state index contributed by atoms with van der Waals surface area (Å²) in [5.41, 5.74) is 0.521. The number of primary sulfonamides is 1. The molecule has 0 saturated carbocycles. The van der Waals surface area contributed by atoms with E-state index in [0.29, 0.717) is 17.1 Å². The van der Waals surface area contributed by atoms with Crippen LogP contribution in [0, 0.1) is 0 Å². The van der Waals surface area contributed by atoms with Crippen molar-refractivity contribution in [1.29, 1.82) is 0 Å². The minimum Gasteiger partial charge on any atom is -0.316 e. The normalized spacial score (nSPS) is 11.7. The topological polar surface area (TPSA) is 72.2 Å². The number of halogens is 2. The molecule has 0 saturated heterocycles. The molecule has 0 aromatic heterocycles. The van der Waals surface area contributed by atoms with Crippen LogP contribution in [0.15, 0.2) is 17.0 Å². The van der Waals surface area contributed by atoms with Gasteiger partial charge in [-0.3, -0.25) is 0 Å². The molecular formula is C8H10Cl2N2O2S. The highest BCUT2D eigenvalue weighted by Crippen LogP contribution is 2.30. The minimum absolute atomic E-state index is 0.0688. The smallest absolute Gasteiger partial charge is 0.239 e. The van der Waals surface area contributed by atoms with Gasteiger partial charge in [0.2, 0.25) is 10.0 Å². The van der Waals surface area contributed by atoms with E-state index in [0.717, 1.165) is 0 Å². The van der Waals surface area contributed by atoms with Crippen molar-refractivity contribution in [3.8, 4) is 0 Å². The zero-order valence-corrected chi connectivity index (χ0v) is 10.2. The van der Waals surface area contributed by atoms with Crippen molar-refractivity contribution in [3.63, 3.8) is 0 Å². The number of nitrogens with one attached hydrogen (secondary N) is 1. The lowest BCUT2D eigenvalue weighted by Crippen LogP contribution is -2.15. The van der Waals surface area contributed by atoms with E-state index >= 15 is 0 Å². The van der Waals surface area contributed by atoms with E-state index in [1.807, 2.05) is 0 Å². The molecule has 0 amide bonds. The Balaban J connectivity index is 3.42. The summed E-state index contributed by atoms with van der Waals surface area (Å²) >= 11 is 11.8. The van der Waals surface area contributed by atoms with Crippen LogP contribution in [0.4, 0.5) is 0 Å². The van der Waals surface area contributed by atoms with Crippen molar-refractivity contribution in [3.05, 3.63) is 27.7 Å². The molecule has 0 bridgehead atoms. The van der Waals surface area contributed by atoms with Crippen molar-refractivity contribution in [1.82, 2.24) is 5.32 Å². The summed E-state index contributed by atoms with van der Waals surface area (Å²) in [5, 5.41) is 8.31. The molecule has 7 heteroatoms. The number of hydrogen-bond acceptors (Lipinski definition) is 3. The maximum absolute atomic E-state index is 11.2. The van der Waals surface area contributed by atoms with Gasteiger partial charge in [0, 0.05) is 17.1 Å². The van der Waals surface area contributed by atoms with Gasteiger partial charge in [-0.1, -0.05) is 23.2 Å². The van der Waals surface area contributed by atoms with Gasteiger partial charge in [-0.15, -0.1) is 0 Å². The highest BCUT2D eigenvalue weighted by atomic mass is 35.5. The van der Waals surface area contributed by atoms with Crippen molar-refractivity contribution < 1.29 is 8.42 Å². The van der Waals surface area contributed by atoms with E-state index in [-0.39, 0.29) is 9.92 Å². The quantitative estimate of drug-likeness (QED) is 0.870. The molecule has 1 rings (SSSR count). The number of hydrogen-bond donors (Lipinski definition) is 2. The summed E-state index contributed by atoms with van der Waals surface area (Å²) in [6, 6.07) is 2.75. The Kier molecular flexibility index (Phi) is 3.97. The van der Waals surface area contributed by atoms with Crippen molar-refractivity contribution >= 4 is 33.2 Å². The van der Waals surface area contributed by atoms with Gasteiger partial charge < -0.3 is 5.32 Å². The molecule has 0 heterocycles. The summed E-state index contributed by atoms with van der Waals surface area (Å²) in [5.74, 6) is 0. The summed E-state index contributed by atoms with van der Waals surface area (Å²) in [7, 11) is -2.10. The van der Waals surface area contributed by atoms with Crippen LogP contribution in [-0.2, 0) is 16.6 Å². The third-order valence-corrected chi connectivity index (χ3v) is 3.66. The molecule has 0 aliphatic carbocycles. The molecule has 15 heavy (non-hydrogen) atoms. The first-order valence-electron chi connectivity index (χ1n) is 4.02. The summed E-state index contributed by atoms with van der Waals surface area (Å²) in [6.45, 7) is 0.376. The first kappa shape index (κ1) is 12.7. The van der Waals surface area contributed by atoms with Crippen LogP contribution in [0.3, 0.4) is 0 Å². The van der Waals surface area contributed by atoms with Gasteiger partial charge in [-0.25, -0.2) is 13.6 Å². The lowest BCUT2D eigenvalue weighted by atomic mass is 10.2. The molecule has 84 valence electrons. The third-order valence-electron chi connectivity index (χ3n) is 1.81. The van der Waals surface area contributed by atoms with E-state index in [1.165, 1.54) is 12.1 Å². The predicted molar refractivity (Wildman–Crippen MR) is 60.6 cm³/mol. The molecule has 4 nitrogen and oxygen atoms in total. The fraction of sp³-hybridized carbons (Fsp3) is 0.250. The highest BCUT2D eigenvalue weighted by Gasteiger charge is 2.17. The van der Waals surface area contributed by atoms with Gasteiger partial charge in [-0.05, 0) is 19.2 Å². The SMILES string of the molecule is CNCc1c(Cl)ccc(S(N)(=O)=O)c1Cl. The van der Waals surface area contributed by atoms with Gasteiger partial charge in [0.15, 0.2) is 0 Å². The molecule has 0 atom stereocenters. The molecule has 0 radical (unpaired) electrons. The van der Waals surface area contributed by atoms with Crippen molar-refractivity contribution in [2.75, 3.05) is 7.05 Å². The monoisotopic (exact) mass is 268 g/mol. The maximum Gasteiger partial charge on any atom is 0.239 e. The Hall–Kier alpha value is -0.330. The molecule has 1 aromatic carbocycles. The molecule has 3 N–H and O–H groups in total. The standard InChI is InChI=1S/C8H10Cl2N2O2S/c1-12-4-5-6(9)2-3-7(8(5)10)15(11,13)14/h2-3,12H,4H2,1H3,(H2,11,13,14). The Morgan fingerprint density at radius 2 is 2.00 bits per heavy atom. The largest absolute Gasteiger partial charge is 0.316 e. The zero-order valence-electron chi connectivity index (χ0n) is 7.92.